The van der Waals surface area contributed by atoms with Crippen LogP contribution in [0.5, 0.6) is 0 Å². The van der Waals surface area contributed by atoms with Gasteiger partial charge in [-0.3, -0.25) is 0 Å². The Morgan fingerprint density at radius 3 is 1.69 bits per heavy atom. The molecule has 7 atom stereocenters. The molecule has 4 aliphatic rings. The summed E-state index contributed by atoms with van der Waals surface area (Å²) in [6, 6.07) is 0. The zero-order chi connectivity index (χ0) is 28.6. The molecule has 0 aromatic carbocycles. The first-order valence-corrected chi connectivity index (χ1v) is 16.8. The molecule has 0 radical (unpaired) electrons. The number of aliphatic hydroxyl groups excluding tert-OH is 1. The predicted molar refractivity (Wildman–Crippen MR) is 167 cm³/mol. The molecule has 1 N–H and O–H groups in total. The van der Waals surface area contributed by atoms with Crippen molar-refractivity contribution in [3.05, 3.63) is 0 Å². The van der Waals surface area contributed by atoms with Crippen molar-refractivity contribution in [2.45, 2.75) is 173 Å². The normalized spacial score (nSPS) is 37.7. The maximum absolute atomic E-state index is 7.00. The lowest BCUT2D eigenvalue weighted by Crippen LogP contribution is -2.58. The van der Waals surface area contributed by atoms with Gasteiger partial charge in [0.05, 0.1) is 0 Å². The van der Waals surface area contributed by atoms with E-state index in [0.29, 0.717) is 16.2 Å². The van der Waals surface area contributed by atoms with Crippen LogP contribution in [-0.2, 0) is 0 Å². The number of rotatable bonds is 4. The molecule has 4 rings (SSSR count). The van der Waals surface area contributed by atoms with Crippen LogP contribution in [0.25, 0.3) is 0 Å². The first kappa shape index (κ1) is 38.1. The maximum atomic E-state index is 7.00. The fraction of sp³-hybridized carbons (Fsp3) is 1.00. The third-order valence-electron chi connectivity index (χ3n) is 10.7. The summed E-state index contributed by atoms with van der Waals surface area (Å²) < 4.78 is 0. The molecule has 4 fully saturated rings. The fourth-order valence-electron chi connectivity index (χ4n) is 9.33. The summed E-state index contributed by atoms with van der Waals surface area (Å²) in [5.74, 6) is 5.02. The first-order chi connectivity index (χ1) is 17.3. The van der Waals surface area contributed by atoms with Crippen LogP contribution in [0.1, 0.15) is 173 Å². The highest BCUT2D eigenvalue weighted by Gasteiger charge is 2.64. The molecule has 0 spiro atoms. The second-order valence-corrected chi connectivity index (χ2v) is 12.2. The number of hydrogen-bond donors (Lipinski definition) is 1. The molecule has 220 valence electrons. The van der Waals surface area contributed by atoms with Crippen LogP contribution in [0, 0.1) is 45.8 Å². The van der Waals surface area contributed by atoms with Crippen LogP contribution in [0.3, 0.4) is 0 Å². The highest BCUT2D eigenvalue weighted by Crippen LogP contribution is 2.72. The van der Waals surface area contributed by atoms with Crippen LogP contribution in [0.15, 0.2) is 0 Å². The van der Waals surface area contributed by atoms with Gasteiger partial charge in [-0.25, -0.2) is 0 Å². The summed E-state index contributed by atoms with van der Waals surface area (Å²) in [7, 11) is 1.00. The average Bonchev–Trinajstić information content (AvgIpc) is 3.26. The summed E-state index contributed by atoms with van der Waals surface area (Å²) in [4.78, 5) is 0. The summed E-state index contributed by atoms with van der Waals surface area (Å²) in [6.45, 7) is 29.0. The van der Waals surface area contributed by atoms with E-state index in [9.17, 15) is 0 Å². The third kappa shape index (κ3) is 8.23. The standard InChI is InChI=1S/C26H46.4C2H6.CH4O/c1-19(2)9-8-11-20-12-13-22-25(20,4)18-15-23-24(3)16-7-6-10-21(24)14-17-26(22,23)5;5*1-2/h19-23H,6-18H2,1-5H3;4*1-2H3;2H,1H3/t20?,21?,22?,23?,24?,25-,26+;;;;;/m1...../s1. The van der Waals surface area contributed by atoms with Crippen molar-refractivity contribution in [3.8, 4) is 0 Å². The van der Waals surface area contributed by atoms with Gasteiger partial charge in [-0.15, -0.1) is 0 Å². The van der Waals surface area contributed by atoms with Crippen LogP contribution in [0.2, 0.25) is 0 Å². The van der Waals surface area contributed by atoms with Gasteiger partial charge in [0.2, 0.25) is 0 Å². The molecule has 0 bridgehead atoms. The summed E-state index contributed by atoms with van der Waals surface area (Å²) in [5, 5.41) is 7.00. The van der Waals surface area contributed by atoms with Crippen LogP contribution >= 0.6 is 0 Å². The SMILES string of the molecule is CC.CC.CC.CC.CC(C)CCCC1CCC2[C@]1(C)CCC1C3(C)CCCCC3CC[C@]12C.CO. The molecule has 0 aliphatic heterocycles. The summed E-state index contributed by atoms with van der Waals surface area (Å²) >= 11 is 0. The van der Waals surface area contributed by atoms with Crippen molar-refractivity contribution >= 4 is 0 Å². The average molecular weight is 511 g/mol. The molecule has 0 heterocycles. The van der Waals surface area contributed by atoms with Crippen molar-refractivity contribution in [1.82, 2.24) is 0 Å². The second kappa shape index (κ2) is 19.1. The smallest absolute Gasteiger partial charge is 0.0319 e. The Morgan fingerprint density at radius 2 is 1.14 bits per heavy atom. The van der Waals surface area contributed by atoms with Gasteiger partial charge in [0.15, 0.2) is 0 Å². The third-order valence-corrected chi connectivity index (χ3v) is 10.7. The minimum absolute atomic E-state index is 0.655. The molecule has 0 amide bonds. The topological polar surface area (TPSA) is 20.2 Å². The van der Waals surface area contributed by atoms with Gasteiger partial charge in [-0.2, -0.15) is 0 Å². The lowest BCUT2D eigenvalue weighted by atomic mass is 9.39. The van der Waals surface area contributed by atoms with Crippen LogP contribution < -0.4 is 0 Å². The van der Waals surface area contributed by atoms with Crippen molar-refractivity contribution in [2.24, 2.45) is 45.8 Å². The van der Waals surface area contributed by atoms with E-state index in [1.54, 1.807) is 51.4 Å². The van der Waals surface area contributed by atoms with Crippen LogP contribution in [-0.4, -0.2) is 12.2 Å². The molecule has 5 unspecified atom stereocenters. The zero-order valence-corrected chi connectivity index (χ0v) is 28.0. The van der Waals surface area contributed by atoms with Gasteiger partial charge < -0.3 is 5.11 Å². The zero-order valence-electron chi connectivity index (χ0n) is 28.0. The number of hydrogen-bond acceptors (Lipinski definition) is 1. The van der Waals surface area contributed by atoms with Crippen molar-refractivity contribution < 1.29 is 5.11 Å². The Kier molecular flexibility index (Phi) is 20.2. The first-order valence-electron chi connectivity index (χ1n) is 16.8. The highest BCUT2D eigenvalue weighted by molar-refractivity contribution is 5.13. The van der Waals surface area contributed by atoms with Crippen LogP contribution in [0.4, 0.5) is 0 Å². The summed E-state index contributed by atoms with van der Waals surface area (Å²) in [5.41, 5.74) is 2.00. The molecule has 1 heteroatoms. The van der Waals surface area contributed by atoms with E-state index in [1.807, 2.05) is 55.4 Å². The quantitative estimate of drug-likeness (QED) is 0.398. The van der Waals surface area contributed by atoms with Crippen molar-refractivity contribution in [3.63, 3.8) is 0 Å². The Morgan fingerprint density at radius 1 is 0.611 bits per heavy atom. The molecule has 0 saturated heterocycles. The predicted octanol–water partition coefficient (Wildman–Crippen LogP) is 12.0. The van der Waals surface area contributed by atoms with E-state index < -0.39 is 0 Å². The van der Waals surface area contributed by atoms with Crippen molar-refractivity contribution in [2.75, 3.05) is 7.11 Å². The van der Waals surface area contributed by atoms with E-state index in [0.717, 1.165) is 36.7 Å². The molecular weight excluding hydrogens is 436 g/mol. The van der Waals surface area contributed by atoms with E-state index in [2.05, 4.69) is 34.6 Å². The Hall–Kier alpha value is -0.0400. The molecule has 4 aliphatic carbocycles. The van der Waals surface area contributed by atoms with Crippen molar-refractivity contribution in [1.29, 1.82) is 0 Å². The molecular formula is C35H74O. The molecule has 1 nitrogen and oxygen atoms in total. The van der Waals surface area contributed by atoms with E-state index in [-0.39, 0.29) is 0 Å². The minimum atomic E-state index is 0.655. The van der Waals surface area contributed by atoms with Gasteiger partial charge in [0.25, 0.3) is 0 Å². The monoisotopic (exact) mass is 511 g/mol. The Labute approximate surface area is 231 Å². The van der Waals surface area contributed by atoms with E-state index in [1.165, 1.54) is 32.1 Å². The molecule has 0 aromatic heterocycles. The summed E-state index contributed by atoms with van der Waals surface area (Å²) in [6.07, 6.45) is 19.9. The number of aliphatic hydroxyl groups is 1. The van der Waals surface area contributed by atoms with Gasteiger partial charge in [-0.05, 0) is 104 Å². The Bertz CT molecular complexity index is 513. The van der Waals surface area contributed by atoms with E-state index >= 15 is 0 Å². The molecule has 0 aromatic rings. The maximum Gasteiger partial charge on any atom is 0.0319 e. The van der Waals surface area contributed by atoms with E-state index in [4.69, 9.17) is 5.11 Å². The highest BCUT2D eigenvalue weighted by atomic mass is 16.2. The lowest BCUT2D eigenvalue weighted by molar-refractivity contribution is -0.164. The largest absolute Gasteiger partial charge is 0.400 e. The van der Waals surface area contributed by atoms with Gasteiger partial charge in [-0.1, -0.05) is 116 Å². The van der Waals surface area contributed by atoms with Gasteiger partial charge in [0, 0.05) is 7.11 Å². The lowest BCUT2D eigenvalue weighted by Gasteiger charge is -2.65. The van der Waals surface area contributed by atoms with Gasteiger partial charge in [0.1, 0.15) is 0 Å². The molecule has 4 saturated carbocycles. The van der Waals surface area contributed by atoms with Gasteiger partial charge >= 0.3 is 0 Å². The fourth-order valence-corrected chi connectivity index (χ4v) is 9.33. The second-order valence-electron chi connectivity index (χ2n) is 12.2. The Balaban J connectivity index is 0. The molecule has 36 heavy (non-hydrogen) atoms. The number of fused-ring (bicyclic) bond motifs is 5. The minimum Gasteiger partial charge on any atom is -0.400 e.